The molecule has 1 fully saturated rings. The normalized spacial score (nSPS) is 17.2. The molecule has 2 aromatic carbocycles. The fourth-order valence-electron chi connectivity index (χ4n) is 4.59. The molecule has 0 aliphatic carbocycles. The number of thioether (sulfide) groups is 1. The van der Waals surface area contributed by atoms with Gasteiger partial charge in [-0.3, -0.25) is 9.59 Å². The van der Waals surface area contributed by atoms with Crippen LogP contribution in [0.15, 0.2) is 59.5 Å². The van der Waals surface area contributed by atoms with Crippen LogP contribution in [0.4, 0.5) is 5.69 Å². The number of carbonyl (C=O) groups excluding carboxylic acids is 2. The van der Waals surface area contributed by atoms with E-state index in [9.17, 15) is 9.59 Å². The van der Waals surface area contributed by atoms with Crippen molar-refractivity contribution in [2.75, 3.05) is 43.4 Å². The van der Waals surface area contributed by atoms with Gasteiger partial charge in [-0.25, -0.2) is 0 Å². The summed E-state index contributed by atoms with van der Waals surface area (Å²) in [5, 5.41) is 3.03. The summed E-state index contributed by atoms with van der Waals surface area (Å²) < 4.78 is 0. The molecule has 2 aliphatic rings. The van der Waals surface area contributed by atoms with Crippen LogP contribution in [-0.2, 0) is 16.0 Å². The van der Waals surface area contributed by atoms with Crippen LogP contribution in [0, 0.1) is 5.92 Å². The molecule has 0 saturated carbocycles. The van der Waals surface area contributed by atoms with Crippen molar-refractivity contribution in [1.82, 2.24) is 10.2 Å². The molecule has 5 nitrogen and oxygen atoms in total. The molecule has 2 heterocycles. The molecular formula is C26H33N3O2S. The highest BCUT2D eigenvalue weighted by Crippen LogP contribution is 2.34. The molecule has 1 N–H and O–H groups in total. The number of piperidine rings is 1. The van der Waals surface area contributed by atoms with Gasteiger partial charge in [-0.05, 0) is 68.9 Å². The van der Waals surface area contributed by atoms with Crippen LogP contribution in [0.3, 0.4) is 0 Å². The average Bonchev–Trinajstić information content (AvgIpc) is 2.83. The largest absolute Gasteiger partial charge is 0.356 e. The van der Waals surface area contributed by atoms with Crippen LogP contribution in [-0.4, -0.2) is 55.2 Å². The molecule has 0 radical (unpaired) electrons. The minimum absolute atomic E-state index is 0.0232. The van der Waals surface area contributed by atoms with E-state index in [1.807, 2.05) is 24.3 Å². The van der Waals surface area contributed by atoms with Crippen molar-refractivity contribution >= 4 is 29.3 Å². The Hall–Kier alpha value is -2.31. The van der Waals surface area contributed by atoms with Gasteiger partial charge in [-0.1, -0.05) is 42.5 Å². The monoisotopic (exact) mass is 451 g/mol. The fraction of sp³-hybridized carbons (Fsp3) is 0.462. The number of rotatable bonds is 9. The Morgan fingerprint density at radius 3 is 2.56 bits per heavy atom. The molecular weight excluding hydrogens is 418 g/mol. The van der Waals surface area contributed by atoms with Gasteiger partial charge in [-0.15, -0.1) is 11.8 Å². The lowest BCUT2D eigenvalue weighted by molar-refractivity contribution is -0.121. The van der Waals surface area contributed by atoms with Crippen molar-refractivity contribution in [1.29, 1.82) is 0 Å². The number of anilines is 1. The van der Waals surface area contributed by atoms with Crippen molar-refractivity contribution < 1.29 is 9.59 Å². The Morgan fingerprint density at radius 1 is 1.00 bits per heavy atom. The first kappa shape index (κ1) is 22.9. The van der Waals surface area contributed by atoms with Crippen LogP contribution in [0.5, 0.6) is 0 Å². The predicted molar refractivity (Wildman–Crippen MR) is 131 cm³/mol. The summed E-state index contributed by atoms with van der Waals surface area (Å²) in [6, 6.07) is 18.7. The predicted octanol–water partition coefficient (Wildman–Crippen LogP) is 3.98. The van der Waals surface area contributed by atoms with E-state index in [4.69, 9.17) is 0 Å². The first-order valence-corrected chi connectivity index (χ1v) is 12.7. The van der Waals surface area contributed by atoms with Gasteiger partial charge in [0.25, 0.3) is 0 Å². The van der Waals surface area contributed by atoms with E-state index in [2.05, 4.69) is 40.5 Å². The van der Waals surface area contributed by atoms with E-state index in [1.165, 1.54) is 24.8 Å². The number of likely N-dealkylation sites (tertiary alicyclic amines) is 1. The van der Waals surface area contributed by atoms with Crippen molar-refractivity contribution in [3.63, 3.8) is 0 Å². The summed E-state index contributed by atoms with van der Waals surface area (Å²) in [6.07, 6.45) is 5.01. The Morgan fingerprint density at radius 2 is 1.75 bits per heavy atom. The summed E-state index contributed by atoms with van der Waals surface area (Å²) in [5.41, 5.74) is 2.37. The zero-order valence-corrected chi connectivity index (χ0v) is 19.5. The molecule has 4 rings (SSSR count). The van der Waals surface area contributed by atoms with Crippen molar-refractivity contribution in [2.45, 2.75) is 37.0 Å². The van der Waals surface area contributed by atoms with Gasteiger partial charge < -0.3 is 15.1 Å². The van der Waals surface area contributed by atoms with Gasteiger partial charge in [0.1, 0.15) is 0 Å². The third-order valence-corrected chi connectivity index (χ3v) is 7.47. The molecule has 0 bridgehead atoms. The SMILES string of the molecule is O=C(CCN1C(=O)CSc2ccccc21)NCCCN1CCC(Cc2ccccc2)CC1. The van der Waals surface area contributed by atoms with Crippen molar-refractivity contribution in [2.24, 2.45) is 5.92 Å². The van der Waals surface area contributed by atoms with Crippen LogP contribution in [0.2, 0.25) is 0 Å². The lowest BCUT2D eigenvalue weighted by Crippen LogP contribution is -2.39. The second kappa shape index (κ2) is 11.5. The number of benzene rings is 2. The van der Waals surface area contributed by atoms with E-state index in [0.717, 1.165) is 42.6 Å². The molecule has 2 aliphatic heterocycles. The third-order valence-electron chi connectivity index (χ3n) is 6.42. The Labute approximate surface area is 195 Å². The highest BCUT2D eigenvalue weighted by molar-refractivity contribution is 8.00. The number of para-hydroxylation sites is 1. The minimum Gasteiger partial charge on any atom is -0.356 e. The lowest BCUT2D eigenvalue weighted by atomic mass is 9.90. The van der Waals surface area contributed by atoms with Crippen LogP contribution >= 0.6 is 11.8 Å². The third kappa shape index (κ3) is 6.36. The maximum atomic E-state index is 12.3. The number of nitrogens with zero attached hydrogens (tertiary/aromatic N) is 2. The molecule has 0 unspecified atom stereocenters. The van der Waals surface area contributed by atoms with Gasteiger partial charge in [0.05, 0.1) is 11.4 Å². The second-order valence-electron chi connectivity index (χ2n) is 8.73. The fourth-order valence-corrected chi connectivity index (χ4v) is 5.53. The van der Waals surface area contributed by atoms with Gasteiger partial charge in [0.15, 0.2) is 0 Å². The van der Waals surface area contributed by atoms with E-state index in [0.29, 0.717) is 25.3 Å². The molecule has 0 atom stereocenters. The van der Waals surface area contributed by atoms with Gasteiger partial charge in [0, 0.05) is 24.4 Å². The Bertz CT molecular complexity index is 897. The van der Waals surface area contributed by atoms with Crippen molar-refractivity contribution in [3.05, 3.63) is 60.2 Å². The molecule has 6 heteroatoms. The summed E-state index contributed by atoms with van der Waals surface area (Å²) >= 11 is 1.57. The minimum atomic E-state index is 0.0232. The van der Waals surface area contributed by atoms with E-state index >= 15 is 0 Å². The standard InChI is InChI=1S/C26H33N3O2S/c30-25(13-18-29-23-9-4-5-10-24(23)32-20-26(29)31)27-14-6-15-28-16-11-22(12-17-28)19-21-7-2-1-3-8-21/h1-5,7-10,22H,6,11-20H2,(H,27,30). The summed E-state index contributed by atoms with van der Waals surface area (Å²) in [5.74, 6) is 1.34. The average molecular weight is 452 g/mol. The molecule has 2 amide bonds. The van der Waals surface area contributed by atoms with E-state index in [-0.39, 0.29) is 11.8 Å². The molecule has 32 heavy (non-hydrogen) atoms. The highest BCUT2D eigenvalue weighted by Gasteiger charge is 2.24. The number of fused-ring (bicyclic) bond motifs is 1. The van der Waals surface area contributed by atoms with Crippen LogP contribution in [0.1, 0.15) is 31.2 Å². The topological polar surface area (TPSA) is 52.7 Å². The summed E-state index contributed by atoms with van der Waals surface area (Å²) in [6.45, 7) is 4.48. The highest BCUT2D eigenvalue weighted by atomic mass is 32.2. The number of nitrogens with one attached hydrogen (secondary N) is 1. The van der Waals surface area contributed by atoms with Gasteiger partial charge >= 0.3 is 0 Å². The Kier molecular flexibility index (Phi) is 8.24. The first-order chi connectivity index (χ1) is 15.7. The summed E-state index contributed by atoms with van der Waals surface area (Å²) in [7, 11) is 0. The second-order valence-corrected chi connectivity index (χ2v) is 9.75. The first-order valence-electron chi connectivity index (χ1n) is 11.7. The Balaban J connectivity index is 1.10. The molecule has 1 saturated heterocycles. The van der Waals surface area contributed by atoms with Gasteiger partial charge in [-0.2, -0.15) is 0 Å². The van der Waals surface area contributed by atoms with Crippen LogP contribution in [0.25, 0.3) is 0 Å². The molecule has 2 aromatic rings. The number of carbonyl (C=O) groups is 2. The zero-order chi connectivity index (χ0) is 22.2. The van der Waals surface area contributed by atoms with Crippen LogP contribution < -0.4 is 10.2 Å². The van der Waals surface area contributed by atoms with Crippen molar-refractivity contribution in [3.8, 4) is 0 Å². The lowest BCUT2D eigenvalue weighted by Gasteiger charge is -2.32. The van der Waals surface area contributed by atoms with E-state index < -0.39 is 0 Å². The van der Waals surface area contributed by atoms with E-state index in [1.54, 1.807) is 16.7 Å². The number of hydrogen-bond donors (Lipinski definition) is 1. The molecule has 170 valence electrons. The maximum Gasteiger partial charge on any atom is 0.237 e. The summed E-state index contributed by atoms with van der Waals surface area (Å²) in [4.78, 5) is 30.0. The smallest absolute Gasteiger partial charge is 0.237 e. The molecule has 0 spiro atoms. The maximum absolute atomic E-state index is 12.3. The zero-order valence-electron chi connectivity index (χ0n) is 18.7. The number of hydrogen-bond acceptors (Lipinski definition) is 4. The molecule has 0 aromatic heterocycles. The quantitative estimate of drug-likeness (QED) is 0.586. The number of amides is 2. The van der Waals surface area contributed by atoms with Gasteiger partial charge in [0.2, 0.25) is 11.8 Å².